The van der Waals surface area contributed by atoms with Crippen molar-refractivity contribution in [3.63, 3.8) is 0 Å². The Morgan fingerprint density at radius 2 is 2.05 bits per heavy atom. The first kappa shape index (κ1) is 15.1. The van der Waals surface area contributed by atoms with E-state index < -0.39 is 0 Å². The molecule has 20 heavy (non-hydrogen) atoms. The van der Waals surface area contributed by atoms with Crippen LogP contribution in [0.5, 0.6) is 11.5 Å². The summed E-state index contributed by atoms with van der Waals surface area (Å²) in [7, 11) is 3.38. The molecule has 0 radical (unpaired) electrons. The molecule has 4 nitrogen and oxygen atoms in total. The van der Waals surface area contributed by atoms with E-state index in [0.717, 1.165) is 24.5 Å². The lowest BCUT2D eigenvalue weighted by Crippen LogP contribution is -2.16. The summed E-state index contributed by atoms with van der Waals surface area (Å²) in [4.78, 5) is 0. The van der Waals surface area contributed by atoms with Gasteiger partial charge in [-0.25, -0.2) is 0 Å². The lowest BCUT2D eigenvalue weighted by atomic mass is 10.2. The molecule has 0 amide bonds. The van der Waals surface area contributed by atoms with Gasteiger partial charge >= 0.3 is 0 Å². The molecule has 0 saturated heterocycles. The molecule has 1 aromatic carbocycles. The molecule has 1 aliphatic carbocycles. The van der Waals surface area contributed by atoms with E-state index in [2.05, 4.69) is 11.4 Å². The first-order valence-electron chi connectivity index (χ1n) is 7.29. The van der Waals surface area contributed by atoms with Crippen LogP contribution < -0.4 is 14.8 Å². The van der Waals surface area contributed by atoms with E-state index in [-0.39, 0.29) is 6.10 Å². The zero-order valence-electron chi connectivity index (χ0n) is 12.6. The summed E-state index contributed by atoms with van der Waals surface area (Å²) in [5.41, 5.74) is 1.23. The average Bonchev–Trinajstić information content (AvgIpc) is 3.28. The van der Waals surface area contributed by atoms with Crippen molar-refractivity contribution < 1.29 is 14.2 Å². The summed E-state index contributed by atoms with van der Waals surface area (Å²) in [6.45, 7) is 3.63. The SMILES string of the molecule is COCCC(C)Oc1ccc(CNC2CC2)cc1OC. The molecule has 1 fully saturated rings. The highest BCUT2D eigenvalue weighted by molar-refractivity contribution is 5.43. The van der Waals surface area contributed by atoms with Gasteiger partial charge in [0.15, 0.2) is 11.5 Å². The number of ether oxygens (including phenoxy) is 3. The van der Waals surface area contributed by atoms with Gasteiger partial charge in [-0.1, -0.05) is 6.07 Å². The van der Waals surface area contributed by atoms with Gasteiger partial charge in [0, 0.05) is 32.7 Å². The van der Waals surface area contributed by atoms with Crippen molar-refractivity contribution in [3.05, 3.63) is 23.8 Å². The van der Waals surface area contributed by atoms with Crippen molar-refractivity contribution in [1.29, 1.82) is 0 Å². The third-order valence-electron chi connectivity index (χ3n) is 3.46. The van der Waals surface area contributed by atoms with Crippen LogP contribution in [0.4, 0.5) is 0 Å². The number of rotatable bonds is 9. The van der Waals surface area contributed by atoms with Crippen LogP contribution in [-0.4, -0.2) is 33.0 Å². The number of methoxy groups -OCH3 is 2. The molecule has 1 saturated carbocycles. The van der Waals surface area contributed by atoms with E-state index in [0.29, 0.717) is 12.6 Å². The highest BCUT2D eigenvalue weighted by atomic mass is 16.5. The van der Waals surface area contributed by atoms with Crippen LogP contribution in [0, 0.1) is 0 Å². The maximum absolute atomic E-state index is 5.91. The molecule has 2 rings (SSSR count). The van der Waals surface area contributed by atoms with Gasteiger partial charge in [-0.05, 0) is 37.5 Å². The van der Waals surface area contributed by atoms with Crippen molar-refractivity contribution in [1.82, 2.24) is 5.32 Å². The second kappa shape index (κ2) is 7.50. The normalized spacial score (nSPS) is 15.9. The predicted molar refractivity (Wildman–Crippen MR) is 79.4 cm³/mol. The van der Waals surface area contributed by atoms with Gasteiger partial charge in [-0.3, -0.25) is 0 Å². The molecular weight excluding hydrogens is 254 g/mol. The number of benzene rings is 1. The van der Waals surface area contributed by atoms with Crippen molar-refractivity contribution in [3.8, 4) is 11.5 Å². The first-order chi connectivity index (χ1) is 9.72. The Hall–Kier alpha value is -1.26. The summed E-state index contributed by atoms with van der Waals surface area (Å²) in [6, 6.07) is 6.85. The number of hydrogen-bond donors (Lipinski definition) is 1. The third kappa shape index (κ3) is 4.69. The molecular formula is C16H25NO3. The van der Waals surface area contributed by atoms with Crippen LogP contribution in [0.3, 0.4) is 0 Å². The van der Waals surface area contributed by atoms with E-state index in [4.69, 9.17) is 14.2 Å². The summed E-state index contributed by atoms with van der Waals surface area (Å²) in [5, 5.41) is 3.50. The van der Waals surface area contributed by atoms with Crippen molar-refractivity contribution in [2.75, 3.05) is 20.8 Å². The third-order valence-corrected chi connectivity index (χ3v) is 3.46. The van der Waals surface area contributed by atoms with Crippen LogP contribution >= 0.6 is 0 Å². The zero-order chi connectivity index (χ0) is 14.4. The van der Waals surface area contributed by atoms with Crippen molar-refractivity contribution in [2.24, 2.45) is 0 Å². The fourth-order valence-electron chi connectivity index (χ4n) is 2.03. The Balaban J connectivity index is 1.93. The highest BCUT2D eigenvalue weighted by Gasteiger charge is 2.20. The molecule has 1 N–H and O–H groups in total. The first-order valence-corrected chi connectivity index (χ1v) is 7.29. The van der Waals surface area contributed by atoms with Gasteiger partial charge in [0.2, 0.25) is 0 Å². The average molecular weight is 279 g/mol. The zero-order valence-corrected chi connectivity index (χ0v) is 12.6. The Bertz CT molecular complexity index is 418. The van der Waals surface area contributed by atoms with E-state index in [9.17, 15) is 0 Å². The highest BCUT2D eigenvalue weighted by Crippen LogP contribution is 2.29. The van der Waals surface area contributed by atoms with Gasteiger partial charge < -0.3 is 19.5 Å². The molecule has 4 heteroatoms. The second-order valence-corrected chi connectivity index (χ2v) is 5.35. The Kier molecular flexibility index (Phi) is 5.68. The van der Waals surface area contributed by atoms with E-state index in [1.807, 2.05) is 19.1 Å². The number of nitrogens with one attached hydrogen (secondary N) is 1. The van der Waals surface area contributed by atoms with Crippen molar-refractivity contribution in [2.45, 2.75) is 44.9 Å². The summed E-state index contributed by atoms with van der Waals surface area (Å²) < 4.78 is 16.4. The van der Waals surface area contributed by atoms with Gasteiger partial charge in [0.05, 0.1) is 13.2 Å². The Morgan fingerprint density at radius 1 is 1.25 bits per heavy atom. The second-order valence-electron chi connectivity index (χ2n) is 5.35. The predicted octanol–water partition coefficient (Wildman–Crippen LogP) is 2.75. The van der Waals surface area contributed by atoms with Crippen LogP contribution in [0.25, 0.3) is 0 Å². The Labute approximate surface area is 121 Å². The van der Waals surface area contributed by atoms with Crippen LogP contribution in [0.1, 0.15) is 31.7 Å². The van der Waals surface area contributed by atoms with E-state index in [1.54, 1.807) is 14.2 Å². The monoisotopic (exact) mass is 279 g/mol. The van der Waals surface area contributed by atoms with Gasteiger partial charge in [-0.15, -0.1) is 0 Å². The smallest absolute Gasteiger partial charge is 0.161 e. The molecule has 0 heterocycles. The minimum Gasteiger partial charge on any atom is -0.493 e. The van der Waals surface area contributed by atoms with Crippen LogP contribution in [0.2, 0.25) is 0 Å². The molecule has 0 spiro atoms. The molecule has 1 unspecified atom stereocenters. The quantitative estimate of drug-likeness (QED) is 0.754. The molecule has 1 aliphatic rings. The van der Waals surface area contributed by atoms with Gasteiger partial charge in [0.25, 0.3) is 0 Å². The lowest BCUT2D eigenvalue weighted by molar-refractivity contribution is 0.132. The van der Waals surface area contributed by atoms with E-state index in [1.165, 1.54) is 18.4 Å². The molecule has 1 aromatic rings. The summed E-state index contributed by atoms with van der Waals surface area (Å²) in [6.07, 6.45) is 3.58. The molecule has 0 bridgehead atoms. The topological polar surface area (TPSA) is 39.7 Å². The molecule has 1 atom stereocenters. The summed E-state index contributed by atoms with van der Waals surface area (Å²) >= 11 is 0. The minimum atomic E-state index is 0.110. The fourth-order valence-corrected chi connectivity index (χ4v) is 2.03. The standard InChI is InChI=1S/C16H25NO3/c1-12(8-9-18-2)20-15-7-4-13(10-16(15)19-3)11-17-14-5-6-14/h4,7,10,12,14,17H,5-6,8-9,11H2,1-3H3. The van der Waals surface area contributed by atoms with Gasteiger partial charge in [0.1, 0.15) is 0 Å². The molecule has 112 valence electrons. The van der Waals surface area contributed by atoms with Crippen LogP contribution in [-0.2, 0) is 11.3 Å². The molecule has 0 aromatic heterocycles. The molecule has 0 aliphatic heterocycles. The maximum atomic E-state index is 5.91. The lowest BCUT2D eigenvalue weighted by Gasteiger charge is -2.17. The fraction of sp³-hybridized carbons (Fsp3) is 0.625. The van der Waals surface area contributed by atoms with E-state index >= 15 is 0 Å². The maximum Gasteiger partial charge on any atom is 0.161 e. The Morgan fingerprint density at radius 3 is 2.70 bits per heavy atom. The van der Waals surface area contributed by atoms with Gasteiger partial charge in [-0.2, -0.15) is 0 Å². The summed E-state index contributed by atoms with van der Waals surface area (Å²) in [5.74, 6) is 1.59. The van der Waals surface area contributed by atoms with Crippen LogP contribution in [0.15, 0.2) is 18.2 Å². The largest absolute Gasteiger partial charge is 0.493 e. The minimum absolute atomic E-state index is 0.110. The number of hydrogen-bond acceptors (Lipinski definition) is 4. The van der Waals surface area contributed by atoms with Crippen molar-refractivity contribution >= 4 is 0 Å².